The summed E-state index contributed by atoms with van der Waals surface area (Å²) in [5.74, 6) is 0.984. The van der Waals surface area contributed by atoms with Gasteiger partial charge in [0.15, 0.2) is 17.2 Å². The van der Waals surface area contributed by atoms with Gasteiger partial charge in [-0.05, 0) is 49.9 Å². The van der Waals surface area contributed by atoms with Crippen LogP contribution >= 0.6 is 0 Å². The summed E-state index contributed by atoms with van der Waals surface area (Å²) >= 11 is 0. The van der Waals surface area contributed by atoms with E-state index in [4.69, 9.17) is 0 Å². The Labute approximate surface area is 141 Å². The molecule has 0 spiro atoms. The molecule has 2 heterocycles. The van der Waals surface area contributed by atoms with E-state index >= 15 is 0 Å². The van der Waals surface area contributed by atoms with E-state index in [0.717, 1.165) is 22.5 Å². The summed E-state index contributed by atoms with van der Waals surface area (Å²) < 4.78 is 1.78. The van der Waals surface area contributed by atoms with Gasteiger partial charge in [-0.25, -0.2) is 4.98 Å². The van der Waals surface area contributed by atoms with E-state index < -0.39 is 0 Å². The molecule has 0 aliphatic carbocycles. The van der Waals surface area contributed by atoms with Crippen LogP contribution in [0.5, 0.6) is 5.75 Å². The number of benzene rings is 1. The molecule has 0 atom stereocenters. The van der Waals surface area contributed by atoms with Gasteiger partial charge in [0.25, 0.3) is 0 Å². The Balaban J connectivity index is 2.17. The highest BCUT2D eigenvalue weighted by Gasteiger charge is 2.17. The summed E-state index contributed by atoms with van der Waals surface area (Å²) in [4.78, 5) is 4.54. The molecule has 0 aliphatic rings. The predicted molar refractivity (Wildman–Crippen MR) is 95.8 cm³/mol. The van der Waals surface area contributed by atoms with E-state index in [-0.39, 0.29) is 11.7 Å². The predicted octanol–water partition coefficient (Wildman–Crippen LogP) is 5.50. The molecule has 0 unspecified atom stereocenters. The Hall–Kier alpha value is -2.69. The monoisotopic (exact) mass is 322 g/mol. The quantitative estimate of drug-likeness (QED) is 0.647. The SMILES string of the molecule is Cc1cc(C)c(N=Nc2c(C(C)C)nc3c(O)cccn23)c(C)c1. The molecule has 1 N–H and O–H groups in total. The van der Waals surface area contributed by atoms with Crippen molar-refractivity contribution < 1.29 is 5.11 Å². The van der Waals surface area contributed by atoms with Gasteiger partial charge in [-0.15, -0.1) is 10.2 Å². The van der Waals surface area contributed by atoms with Crippen molar-refractivity contribution in [3.63, 3.8) is 0 Å². The fourth-order valence-electron chi connectivity index (χ4n) is 2.97. The Morgan fingerprint density at radius 2 is 1.75 bits per heavy atom. The molecule has 3 aromatic rings. The van der Waals surface area contributed by atoms with Crippen LogP contribution < -0.4 is 0 Å². The number of pyridine rings is 1. The Bertz CT molecular complexity index is 915. The van der Waals surface area contributed by atoms with Crippen molar-refractivity contribution in [3.05, 3.63) is 52.8 Å². The van der Waals surface area contributed by atoms with Gasteiger partial charge in [0, 0.05) is 6.20 Å². The van der Waals surface area contributed by atoms with Crippen LogP contribution in [0.25, 0.3) is 5.65 Å². The zero-order valence-electron chi connectivity index (χ0n) is 14.7. The lowest BCUT2D eigenvalue weighted by molar-refractivity contribution is 0.477. The van der Waals surface area contributed by atoms with Crippen LogP contribution in [0.2, 0.25) is 0 Å². The van der Waals surface area contributed by atoms with E-state index in [9.17, 15) is 5.11 Å². The third kappa shape index (κ3) is 2.77. The number of hydrogen-bond donors (Lipinski definition) is 1. The molecule has 2 aromatic heterocycles. The highest BCUT2D eigenvalue weighted by Crippen LogP contribution is 2.33. The summed E-state index contributed by atoms with van der Waals surface area (Å²) in [5.41, 5.74) is 5.62. The molecule has 5 heteroatoms. The summed E-state index contributed by atoms with van der Waals surface area (Å²) in [6.07, 6.45) is 1.84. The second-order valence-electron chi connectivity index (χ2n) is 6.51. The number of aryl methyl sites for hydroxylation is 3. The first-order valence-corrected chi connectivity index (χ1v) is 8.08. The molecule has 0 saturated carbocycles. The normalized spacial score (nSPS) is 11.9. The van der Waals surface area contributed by atoms with Crippen LogP contribution in [0.4, 0.5) is 11.5 Å². The van der Waals surface area contributed by atoms with E-state index in [2.05, 4.69) is 48.1 Å². The lowest BCUT2D eigenvalue weighted by atomic mass is 10.1. The molecule has 0 radical (unpaired) electrons. The van der Waals surface area contributed by atoms with Crippen LogP contribution in [0.15, 0.2) is 40.7 Å². The number of nitrogens with zero attached hydrogens (tertiary/aromatic N) is 4. The molecular weight excluding hydrogens is 300 g/mol. The van der Waals surface area contributed by atoms with Crippen LogP contribution in [0.1, 0.15) is 42.1 Å². The fraction of sp³-hybridized carbons (Fsp3) is 0.316. The Morgan fingerprint density at radius 3 is 2.38 bits per heavy atom. The molecule has 5 nitrogen and oxygen atoms in total. The Morgan fingerprint density at radius 1 is 1.08 bits per heavy atom. The second-order valence-corrected chi connectivity index (χ2v) is 6.51. The second kappa shape index (κ2) is 6.07. The third-order valence-electron chi connectivity index (χ3n) is 4.06. The maximum atomic E-state index is 10.0. The lowest BCUT2D eigenvalue weighted by Crippen LogP contribution is -1.88. The van der Waals surface area contributed by atoms with E-state index in [1.807, 2.05) is 20.0 Å². The smallest absolute Gasteiger partial charge is 0.183 e. The molecule has 24 heavy (non-hydrogen) atoms. The summed E-state index contributed by atoms with van der Waals surface area (Å²) in [6.45, 7) is 10.3. The van der Waals surface area contributed by atoms with Crippen molar-refractivity contribution in [2.75, 3.05) is 0 Å². The molecule has 1 aromatic carbocycles. The van der Waals surface area contributed by atoms with E-state index in [1.165, 1.54) is 5.56 Å². The van der Waals surface area contributed by atoms with Gasteiger partial charge < -0.3 is 5.11 Å². The maximum absolute atomic E-state index is 10.0. The maximum Gasteiger partial charge on any atom is 0.183 e. The third-order valence-corrected chi connectivity index (χ3v) is 4.06. The summed E-state index contributed by atoms with van der Waals surface area (Å²) in [5, 5.41) is 19.0. The molecule has 0 fully saturated rings. The standard InChI is InChI=1S/C19H22N4O/c1-11(2)16-19(23-8-6-7-15(24)18(23)20-16)22-21-17-13(4)9-12(3)10-14(17)5/h6-11,24H,1-5H3. The lowest BCUT2D eigenvalue weighted by Gasteiger charge is -2.06. The van der Waals surface area contributed by atoms with Gasteiger partial charge in [0.2, 0.25) is 0 Å². The average molecular weight is 322 g/mol. The Kier molecular flexibility index (Phi) is 4.09. The number of azo groups is 1. The van der Waals surface area contributed by atoms with Gasteiger partial charge in [-0.3, -0.25) is 4.40 Å². The number of aromatic nitrogens is 2. The molecule has 3 rings (SSSR count). The number of aromatic hydroxyl groups is 1. The minimum absolute atomic E-state index is 0.142. The number of hydrogen-bond acceptors (Lipinski definition) is 4. The summed E-state index contributed by atoms with van der Waals surface area (Å²) in [6, 6.07) is 7.60. The number of rotatable bonds is 3. The van der Waals surface area contributed by atoms with Crippen molar-refractivity contribution in [2.24, 2.45) is 10.2 Å². The first kappa shape index (κ1) is 16.2. The van der Waals surface area contributed by atoms with E-state index in [0.29, 0.717) is 11.5 Å². The van der Waals surface area contributed by atoms with Crippen LogP contribution in [0, 0.1) is 20.8 Å². The number of imidazole rings is 1. The highest BCUT2D eigenvalue weighted by atomic mass is 16.3. The van der Waals surface area contributed by atoms with Crippen LogP contribution in [-0.4, -0.2) is 14.5 Å². The van der Waals surface area contributed by atoms with Crippen molar-refractivity contribution in [1.82, 2.24) is 9.38 Å². The summed E-state index contributed by atoms with van der Waals surface area (Å²) in [7, 11) is 0. The molecule has 124 valence electrons. The largest absolute Gasteiger partial charge is 0.504 e. The van der Waals surface area contributed by atoms with Crippen molar-refractivity contribution in [1.29, 1.82) is 0 Å². The van der Waals surface area contributed by atoms with Crippen LogP contribution in [-0.2, 0) is 0 Å². The number of fused-ring (bicyclic) bond motifs is 1. The zero-order valence-corrected chi connectivity index (χ0v) is 14.7. The highest BCUT2D eigenvalue weighted by molar-refractivity contribution is 5.61. The van der Waals surface area contributed by atoms with Crippen molar-refractivity contribution in [3.8, 4) is 5.75 Å². The van der Waals surface area contributed by atoms with Crippen molar-refractivity contribution >= 4 is 17.2 Å². The van der Waals surface area contributed by atoms with Gasteiger partial charge in [0.05, 0.1) is 11.4 Å². The van der Waals surface area contributed by atoms with Gasteiger partial charge in [0.1, 0.15) is 0 Å². The van der Waals surface area contributed by atoms with Crippen LogP contribution in [0.3, 0.4) is 0 Å². The molecule has 0 amide bonds. The molecular formula is C19H22N4O. The van der Waals surface area contributed by atoms with Gasteiger partial charge in [-0.1, -0.05) is 31.5 Å². The van der Waals surface area contributed by atoms with Gasteiger partial charge in [-0.2, -0.15) is 0 Å². The first-order valence-electron chi connectivity index (χ1n) is 8.08. The molecule has 0 aliphatic heterocycles. The zero-order chi connectivity index (χ0) is 17.4. The first-order chi connectivity index (χ1) is 11.4. The minimum Gasteiger partial charge on any atom is -0.504 e. The fourth-order valence-corrected chi connectivity index (χ4v) is 2.97. The average Bonchev–Trinajstić information content (AvgIpc) is 2.87. The van der Waals surface area contributed by atoms with Crippen molar-refractivity contribution in [2.45, 2.75) is 40.5 Å². The molecule has 0 bridgehead atoms. The van der Waals surface area contributed by atoms with Gasteiger partial charge >= 0.3 is 0 Å². The molecule has 0 saturated heterocycles. The van der Waals surface area contributed by atoms with E-state index in [1.54, 1.807) is 16.5 Å². The minimum atomic E-state index is 0.142. The topological polar surface area (TPSA) is 62.2 Å².